The van der Waals surface area contributed by atoms with E-state index in [4.69, 9.17) is 4.74 Å². The summed E-state index contributed by atoms with van der Waals surface area (Å²) in [5.74, 6) is 0. The van der Waals surface area contributed by atoms with Crippen LogP contribution in [0.2, 0.25) is 0 Å². The first kappa shape index (κ1) is 14.2. The molecule has 1 amide bonds. The minimum atomic E-state index is -0.0924. The normalized spacial score (nSPS) is 11.4. The van der Waals surface area contributed by atoms with Gasteiger partial charge < -0.3 is 9.64 Å². The third-order valence-corrected chi connectivity index (χ3v) is 3.21. The van der Waals surface area contributed by atoms with Crippen molar-refractivity contribution in [1.82, 2.24) is 14.3 Å². The smallest absolute Gasteiger partial charge is 0.294 e. The van der Waals surface area contributed by atoms with Crippen LogP contribution in [-0.2, 0) is 0 Å². The molecule has 0 N–H and O–H groups in total. The van der Waals surface area contributed by atoms with Crippen molar-refractivity contribution < 1.29 is 9.53 Å². The third-order valence-electron chi connectivity index (χ3n) is 1.56. The largest absolute Gasteiger partial charge is 0.468 e. The van der Waals surface area contributed by atoms with E-state index in [9.17, 15) is 4.79 Å². The zero-order valence-electron chi connectivity index (χ0n) is 10.7. The maximum atomic E-state index is 11.4. The Hall–Kier alpha value is -0.820. The molecular weight excluding hydrogens is 258 g/mol. The maximum absolute atomic E-state index is 11.4. The molecule has 0 aromatic carbocycles. The average Bonchev–Trinajstić information content (AvgIpc) is 2.61. The summed E-state index contributed by atoms with van der Waals surface area (Å²) < 4.78 is 9.56. The standard InChI is InChI=1S/C10H17N3O2S2/c1-10(2,3)6-15-8-11-7(12-17-8)16-9(14)13(4)5/h6H2,1-5H3. The number of hydrogen-bond acceptors (Lipinski definition) is 6. The van der Waals surface area contributed by atoms with Crippen molar-refractivity contribution in [2.24, 2.45) is 5.41 Å². The number of carbonyl (C=O) groups excluding carboxylic acids is 1. The fourth-order valence-corrected chi connectivity index (χ4v) is 1.97. The van der Waals surface area contributed by atoms with Gasteiger partial charge in [0.2, 0.25) is 5.16 Å². The summed E-state index contributed by atoms with van der Waals surface area (Å²) in [6, 6.07) is 0. The van der Waals surface area contributed by atoms with Gasteiger partial charge in [0.25, 0.3) is 10.4 Å². The van der Waals surface area contributed by atoms with E-state index in [2.05, 4.69) is 30.1 Å². The van der Waals surface area contributed by atoms with Gasteiger partial charge in [-0.25, -0.2) is 0 Å². The van der Waals surface area contributed by atoms with E-state index in [0.29, 0.717) is 17.0 Å². The van der Waals surface area contributed by atoms with Crippen LogP contribution >= 0.6 is 23.3 Å². The first-order chi connectivity index (χ1) is 7.78. The Bertz CT molecular complexity index is 385. The fourth-order valence-electron chi connectivity index (χ4n) is 0.745. The van der Waals surface area contributed by atoms with Crippen LogP contribution in [0.25, 0.3) is 0 Å². The molecule has 7 heteroatoms. The van der Waals surface area contributed by atoms with Crippen LogP contribution in [0.5, 0.6) is 5.19 Å². The van der Waals surface area contributed by atoms with Crippen LogP contribution < -0.4 is 4.74 Å². The van der Waals surface area contributed by atoms with Crippen molar-refractivity contribution in [3.8, 4) is 5.19 Å². The lowest BCUT2D eigenvalue weighted by Crippen LogP contribution is -2.17. The van der Waals surface area contributed by atoms with E-state index in [-0.39, 0.29) is 10.7 Å². The molecular formula is C10H17N3O2S2. The second-order valence-electron chi connectivity index (χ2n) is 4.95. The van der Waals surface area contributed by atoms with Crippen LogP contribution in [0.3, 0.4) is 0 Å². The highest BCUT2D eigenvalue weighted by Crippen LogP contribution is 2.24. The quantitative estimate of drug-likeness (QED) is 0.794. The average molecular weight is 275 g/mol. The summed E-state index contributed by atoms with van der Waals surface area (Å²) in [5.41, 5.74) is 0.0818. The van der Waals surface area contributed by atoms with Gasteiger partial charge in [-0.05, 0) is 5.41 Å². The summed E-state index contributed by atoms with van der Waals surface area (Å²) in [5, 5.41) is 0.858. The van der Waals surface area contributed by atoms with Gasteiger partial charge >= 0.3 is 0 Å². The Morgan fingerprint density at radius 1 is 1.47 bits per heavy atom. The molecule has 0 radical (unpaired) electrons. The monoisotopic (exact) mass is 275 g/mol. The SMILES string of the molecule is CN(C)C(=O)Sc1nsc(OCC(C)(C)C)n1. The lowest BCUT2D eigenvalue weighted by Gasteiger charge is -2.16. The Morgan fingerprint density at radius 2 is 2.12 bits per heavy atom. The van der Waals surface area contributed by atoms with E-state index in [1.54, 1.807) is 14.1 Å². The van der Waals surface area contributed by atoms with Gasteiger partial charge in [0.05, 0.1) is 6.61 Å². The molecule has 0 atom stereocenters. The predicted octanol–water partition coefficient (Wildman–Crippen LogP) is 2.74. The Morgan fingerprint density at radius 3 is 2.65 bits per heavy atom. The number of rotatable bonds is 3. The van der Waals surface area contributed by atoms with E-state index < -0.39 is 0 Å². The third kappa shape index (κ3) is 5.36. The second-order valence-corrected chi connectivity index (χ2v) is 6.59. The number of nitrogens with zero attached hydrogens (tertiary/aromatic N) is 3. The molecule has 17 heavy (non-hydrogen) atoms. The molecule has 1 heterocycles. The number of carbonyl (C=O) groups is 1. The summed E-state index contributed by atoms with van der Waals surface area (Å²) in [4.78, 5) is 17.0. The summed E-state index contributed by atoms with van der Waals surface area (Å²) in [6.45, 7) is 6.83. The summed E-state index contributed by atoms with van der Waals surface area (Å²) >= 11 is 2.17. The number of ether oxygens (including phenoxy) is 1. The van der Waals surface area contributed by atoms with E-state index in [1.807, 2.05) is 0 Å². The zero-order chi connectivity index (χ0) is 13.1. The van der Waals surface area contributed by atoms with Crippen LogP contribution in [0.4, 0.5) is 4.79 Å². The molecule has 1 aromatic rings. The van der Waals surface area contributed by atoms with Crippen molar-refractivity contribution in [2.45, 2.75) is 25.9 Å². The van der Waals surface area contributed by atoms with Crippen LogP contribution in [0.1, 0.15) is 20.8 Å². The molecule has 0 aliphatic carbocycles. The number of aromatic nitrogens is 2. The van der Waals surface area contributed by atoms with Crippen molar-refractivity contribution in [2.75, 3.05) is 20.7 Å². The van der Waals surface area contributed by atoms with Gasteiger partial charge in [0.1, 0.15) is 0 Å². The lowest BCUT2D eigenvalue weighted by molar-refractivity contribution is 0.196. The van der Waals surface area contributed by atoms with Crippen LogP contribution in [0, 0.1) is 5.41 Å². The first-order valence-electron chi connectivity index (χ1n) is 5.13. The molecule has 96 valence electrons. The first-order valence-corrected chi connectivity index (χ1v) is 6.72. The van der Waals surface area contributed by atoms with Crippen molar-refractivity contribution >= 4 is 28.5 Å². The molecule has 0 fully saturated rings. The lowest BCUT2D eigenvalue weighted by atomic mass is 9.99. The number of thioether (sulfide) groups is 1. The summed E-state index contributed by atoms with van der Waals surface area (Å²) in [6.07, 6.45) is 0. The molecule has 1 rings (SSSR count). The highest BCUT2D eigenvalue weighted by atomic mass is 32.2. The minimum absolute atomic E-state index is 0.0818. The van der Waals surface area contributed by atoms with Crippen LogP contribution in [0.15, 0.2) is 5.16 Å². The van der Waals surface area contributed by atoms with Gasteiger partial charge in [-0.3, -0.25) is 4.79 Å². The highest BCUT2D eigenvalue weighted by molar-refractivity contribution is 8.13. The molecule has 1 aromatic heterocycles. The molecule has 0 aliphatic rings. The Balaban J connectivity index is 2.51. The molecule has 0 bridgehead atoms. The second kappa shape index (κ2) is 5.68. The van der Waals surface area contributed by atoms with E-state index >= 15 is 0 Å². The van der Waals surface area contributed by atoms with E-state index in [1.165, 1.54) is 16.4 Å². The number of hydrogen-bond donors (Lipinski definition) is 0. The fraction of sp³-hybridized carbons (Fsp3) is 0.700. The van der Waals surface area contributed by atoms with E-state index in [0.717, 1.165) is 11.8 Å². The number of amides is 1. The van der Waals surface area contributed by atoms with Gasteiger partial charge in [0, 0.05) is 37.4 Å². The minimum Gasteiger partial charge on any atom is -0.468 e. The van der Waals surface area contributed by atoms with Crippen molar-refractivity contribution in [3.63, 3.8) is 0 Å². The molecule has 0 spiro atoms. The Labute approximate surface area is 110 Å². The summed E-state index contributed by atoms with van der Waals surface area (Å²) in [7, 11) is 3.39. The molecule has 0 saturated carbocycles. The van der Waals surface area contributed by atoms with Crippen LogP contribution in [-0.4, -0.2) is 40.2 Å². The van der Waals surface area contributed by atoms with Gasteiger partial charge in [-0.1, -0.05) is 20.8 Å². The molecule has 0 aliphatic heterocycles. The van der Waals surface area contributed by atoms with Crippen molar-refractivity contribution in [3.05, 3.63) is 0 Å². The van der Waals surface area contributed by atoms with Gasteiger partial charge in [0.15, 0.2) is 0 Å². The highest BCUT2D eigenvalue weighted by Gasteiger charge is 2.15. The maximum Gasteiger partial charge on any atom is 0.294 e. The zero-order valence-corrected chi connectivity index (χ0v) is 12.3. The van der Waals surface area contributed by atoms with Gasteiger partial charge in [-0.2, -0.15) is 9.36 Å². The van der Waals surface area contributed by atoms with Crippen molar-refractivity contribution in [1.29, 1.82) is 0 Å². The topological polar surface area (TPSA) is 55.3 Å². The Kier molecular flexibility index (Phi) is 4.76. The predicted molar refractivity (Wildman–Crippen MR) is 69.8 cm³/mol. The molecule has 0 saturated heterocycles. The van der Waals surface area contributed by atoms with Gasteiger partial charge in [-0.15, -0.1) is 0 Å². The molecule has 0 unspecified atom stereocenters. The molecule has 5 nitrogen and oxygen atoms in total.